The fourth-order valence-corrected chi connectivity index (χ4v) is 2.47. The van der Waals surface area contributed by atoms with Crippen LogP contribution in [0.1, 0.15) is 52.9 Å². The Morgan fingerprint density at radius 3 is 2.50 bits per heavy atom. The molecule has 1 rings (SSSR count). The van der Waals surface area contributed by atoms with Crippen LogP contribution < -0.4 is 0 Å². The first kappa shape index (κ1) is 16.5. The number of hydrogen-bond donors (Lipinski definition) is 1. The minimum atomic E-state index is -0.402. The first-order chi connectivity index (χ1) is 9.45. The van der Waals surface area contributed by atoms with Crippen LogP contribution in [0.5, 0.6) is 0 Å². The third-order valence-electron chi connectivity index (χ3n) is 3.82. The van der Waals surface area contributed by atoms with E-state index in [1.54, 1.807) is 20.0 Å². The summed E-state index contributed by atoms with van der Waals surface area (Å²) < 4.78 is 0. The number of carbonyl (C=O) groups excluding carboxylic acids is 2. The molecule has 0 aromatic carbocycles. The summed E-state index contributed by atoms with van der Waals surface area (Å²) in [5, 5.41) is 10.0. The maximum atomic E-state index is 12.3. The van der Waals surface area contributed by atoms with E-state index in [1.165, 1.54) is 11.3 Å². The fraction of sp³-hybridized carbons (Fsp3) is 0.625. The fourth-order valence-electron chi connectivity index (χ4n) is 2.47. The van der Waals surface area contributed by atoms with Gasteiger partial charge in [0, 0.05) is 13.0 Å². The van der Waals surface area contributed by atoms with Crippen molar-refractivity contribution in [3.05, 3.63) is 23.1 Å². The average molecular weight is 279 g/mol. The highest BCUT2D eigenvalue weighted by Gasteiger charge is 2.37. The van der Waals surface area contributed by atoms with Gasteiger partial charge in [0.2, 0.25) is 0 Å². The van der Waals surface area contributed by atoms with Crippen LogP contribution in [0.3, 0.4) is 0 Å². The molecule has 1 unspecified atom stereocenters. The Morgan fingerprint density at radius 2 is 2.00 bits per heavy atom. The average Bonchev–Trinajstić information content (AvgIpc) is 2.64. The lowest BCUT2D eigenvalue weighted by atomic mass is 9.93. The van der Waals surface area contributed by atoms with Crippen molar-refractivity contribution in [2.24, 2.45) is 5.92 Å². The highest BCUT2D eigenvalue weighted by molar-refractivity contribution is 6.23. The summed E-state index contributed by atoms with van der Waals surface area (Å²) in [5.74, 6) is -1.04. The van der Waals surface area contributed by atoms with Crippen LogP contribution in [0, 0.1) is 5.92 Å². The number of carbonyl (C=O) groups is 2. The Hall–Kier alpha value is -1.58. The first-order valence-corrected chi connectivity index (χ1v) is 7.37. The number of likely N-dealkylation sites (N-methyl/N-ethyl adjacent to an activating group) is 1. The molecular weight excluding hydrogens is 254 g/mol. The molecule has 112 valence electrons. The first-order valence-electron chi connectivity index (χ1n) is 7.37. The maximum absolute atomic E-state index is 12.3. The lowest BCUT2D eigenvalue weighted by Crippen LogP contribution is -2.25. The van der Waals surface area contributed by atoms with Gasteiger partial charge in [0.05, 0.1) is 5.70 Å². The summed E-state index contributed by atoms with van der Waals surface area (Å²) in [6.07, 6.45) is 6.81. The molecule has 0 bridgehead atoms. The summed E-state index contributed by atoms with van der Waals surface area (Å²) in [6.45, 7) is 5.70. The van der Waals surface area contributed by atoms with Crippen molar-refractivity contribution >= 4 is 11.7 Å². The van der Waals surface area contributed by atoms with E-state index in [4.69, 9.17) is 0 Å². The topological polar surface area (TPSA) is 57.6 Å². The molecule has 1 heterocycles. The molecule has 0 aromatic rings. The highest BCUT2D eigenvalue weighted by atomic mass is 16.3. The van der Waals surface area contributed by atoms with Crippen LogP contribution in [0.2, 0.25) is 0 Å². The number of aliphatic hydroxyl groups is 1. The Kier molecular flexibility index (Phi) is 5.99. The molecule has 0 aliphatic carbocycles. The Bertz CT molecular complexity index is 449. The number of allylic oxidation sites excluding steroid dienone is 1. The molecule has 0 fully saturated rings. The number of rotatable bonds is 7. The second-order valence-corrected chi connectivity index (χ2v) is 5.38. The van der Waals surface area contributed by atoms with Crippen molar-refractivity contribution < 1.29 is 14.7 Å². The van der Waals surface area contributed by atoms with Gasteiger partial charge in [-0.2, -0.15) is 0 Å². The van der Waals surface area contributed by atoms with E-state index in [0.29, 0.717) is 5.70 Å². The van der Waals surface area contributed by atoms with Crippen LogP contribution >= 0.6 is 0 Å². The molecular formula is C16H25NO3. The molecule has 0 radical (unpaired) electrons. The van der Waals surface area contributed by atoms with Gasteiger partial charge in [-0.25, -0.2) is 0 Å². The minimum absolute atomic E-state index is 0.0522. The largest absolute Gasteiger partial charge is 0.505 e. The molecule has 1 amide bonds. The van der Waals surface area contributed by atoms with Crippen LogP contribution in [0.25, 0.3) is 0 Å². The molecule has 0 saturated heterocycles. The maximum Gasteiger partial charge on any atom is 0.265 e. The molecule has 4 heteroatoms. The summed E-state index contributed by atoms with van der Waals surface area (Å²) in [6, 6.07) is 0. The summed E-state index contributed by atoms with van der Waals surface area (Å²) >= 11 is 0. The predicted molar refractivity (Wildman–Crippen MR) is 79.1 cm³/mol. The van der Waals surface area contributed by atoms with Crippen LogP contribution in [-0.2, 0) is 9.59 Å². The molecule has 0 spiro atoms. The zero-order valence-corrected chi connectivity index (χ0v) is 12.9. The number of amides is 1. The van der Waals surface area contributed by atoms with E-state index >= 15 is 0 Å². The van der Waals surface area contributed by atoms with Gasteiger partial charge in [0.25, 0.3) is 5.91 Å². The Morgan fingerprint density at radius 1 is 1.35 bits per heavy atom. The lowest BCUT2D eigenvalue weighted by molar-refractivity contribution is -0.127. The van der Waals surface area contributed by atoms with E-state index in [0.717, 1.165) is 25.7 Å². The van der Waals surface area contributed by atoms with E-state index in [1.807, 2.05) is 6.92 Å². The molecule has 0 aromatic heterocycles. The van der Waals surface area contributed by atoms with E-state index in [2.05, 4.69) is 6.92 Å². The van der Waals surface area contributed by atoms with Gasteiger partial charge in [-0.15, -0.1) is 0 Å². The second-order valence-electron chi connectivity index (χ2n) is 5.38. The molecule has 20 heavy (non-hydrogen) atoms. The number of aliphatic hydroxyl groups excluding tert-OH is 1. The van der Waals surface area contributed by atoms with Crippen LogP contribution in [-0.4, -0.2) is 28.7 Å². The quantitative estimate of drug-likeness (QED) is 0.574. The van der Waals surface area contributed by atoms with Gasteiger partial charge in [-0.3, -0.25) is 9.59 Å². The van der Waals surface area contributed by atoms with Crippen LogP contribution in [0.4, 0.5) is 0 Å². The molecule has 4 nitrogen and oxygen atoms in total. The van der Waals surface area contributed by atoms with E-state index in [9.17, 15) is 14.7 Å². The van der Waals surface area contributed by atoms with Gasteiger partial charge < -0.3 is 10.0 Å². The van der Waals surface area contributed by atoms with Crippen molar-refractivity contribution in [3.63, 3.8) is 0 Å². The minimum Gasteiger partial charge on any atom is -0.505 e. The van der Waals surface area contributed by atoms with Gasteiger partial charge in [0.1, 0.15) is 5.57 Å². The van der Waals surface area contributed by atoms with E-state index in [-0.39, 0.29) is 23.0 Å². The molecule has 1 aliphatic heterocycles. The Labute approximate surface area is 121 Å². The smallest absolute Gasteiger partial charge is 0.265 e. The SMILES string of the molecule is C/C=C1/C(O)=C(C(=O)C(C)CCCCCC)C(=O)N1C. The Balaban J connectivity index is 2.76. The monoisotopic (exact) mass is 279 g/mol. The third kappa shape index (κ3) is 3.30. The van der Waals surface area contributed by atoms with Crippen molar-refractivity contribution in [2.75, 3.05) is 7.05 Å². The summed E-state index contributed by atoms with van der Waals surface area (Å²) in [4.78, 5) is 25.7. The zero-order valence-electron chi connectivity index (χ0n) is 12.9. The number of Topliss-reactive ketones (excluding diaryl/α,β-unsaturated/α-hetero) is 1. The molecule has 1 atom stereocenters. The molecule has 0 saturated carbocycles. The number of hydrogen-bond acceptors (Lipinski definition) is 3. The number of ketones is 1. The van der Waals surface area contributed by atoms with Crippen LogP contribution in [0.15, 0.2) is 23.1 Å². The molecule has 1 N–H and O–H groups in total. The predicted octanol–water partition coefficient (Wildman–Crippen LogP) is 3.35. The standard InChI is InChI=1S/C16H25NO3/c1-5-7-8-9-10-11(3)14(18)13-15(19)12(6-2)17(4)16(13)20/h6,11,19H,5,7-10H2,1-4H3/b12-6-. The number of nitrogens with zero attached hydrogens (tertiary/aromatic N) is 1. The highest BCUT2D eigenvalue weighted by Crippen LogP contribution is 2.29. The van der Waals surface area contributed by atoms with Crippen molar-refractivity contribution in [3.8, 4) is 0 Å². The number of unbranched alkanes of at least 4 members (excludes halogenated alkanes) is 3. The summed E-state index contributed by atoms with van der Waals surface area (Å²) in [5.41, 5.74) is 0.361. The van der Waals surface area contributed by atoms with Gasteiger partial charge in [0.15, 0.2) is 11.5 Å². The third-order valence-corrected chi connectivity index (χ3v) is 3.82. The van der Waals surface area contributed by atoms with Gasteiger partial charge in [-0.1, -0.05) is 45.6 Å². The van der Waals surface area contributed by atoms with Crippen molar-refractivity contribution in [1.82, 2.24) is 4.90 Å². The second kappa shape index (κ2) is 7.27. The molecule has 1 aliphatic rings. The normalized spacial score (nSPS) is 19.1. The van der Waals surface area contributed by atoms with E-state index < -0.39 is 5.91 Å². The lowest BCUT2D eigenvalue weighted by Gasteiger charge is -2.12. The summed E-state index contributed by atoms with van der Waals surface area (Å²) in [7, 11) is 1.57. The van der Waals surface area contributed by atoms with Crippen molar-refractivity contribution in [1.29, 1.82) is 0 Å². The van der Waals surface area contributed by atoms with Crippen molar-refractivity contribution in [2.45, 2.75) is 52.9 Å². The van der Waals surface area contributed by atoms with Gasteiger partial charge in [-0.05, 0) is 13.3 Å². The van der Waals surface area contributed by atoms with Gasteiger partial charge >= 0.3 is 0 Å². The zero-order chi connectivity index (χ0) is 15.3.